The van der Waals surface area contributed by atoms with Crippen molar-refractivity contribution in [1.29, 1.82) is 0 Å². The smallest absolute Gasteiger partial charge is 0.410 e. The van der Waals surface area contributed by atoms with E-state index < -0.39 is 11.0 Å². The van der Waals surface area contributed by atoms with E-state index >= 15 is 0 Å². The van der Waals surface area contributed by atoms with Gasteiger partial charge in [0, 0.05) is 31.5 Å². The second-order valence-corrected chi connectivity index (χ2v) is 14.2. The van der Waals surface area contributed by atoms with Crippen molar-refractivity contribution in [3.63, 3.8) is 0 Å². The Hall–Kier alpha value is -5.19. The monoisotopic (exact) mass is 680 g/mol. The maximum atomic E-state index is 13.4. The van der Waals surface area contributed by atoms with E-state index in [0.717, 1.165) is 24.0 Å². The van der Waals surface area contributed by atoms with Gasteiger partial charge in [0.05, 0.1) is 22.4 Å². The first-order valence-electron chi connectivity index (χ1n) is 16.9. The molecule has 0 spiro atoms. The van der Waals surface area contributed by atoms with Crippen LogP contribution in [0.15, 0.2) is 67.0 Å². The highest BCUT2D eigenvalue weighted by molar-refractivity contribution is 6.11. The zero-order chi connectivity index (χ0) is 35.6. The van der Waals surface area contributed by atoms with Crippen LogP contribution in [0, 0.1) is 18.2 Å². The number of hydrogen-bond acceptors (Lipinski definition) is 8. The van der Waals surface area contributed by atoms with E-state index in [1.807, 2.05) is 27.7 Å². The number of ether oxygens (including phenoxy) is 2. The molecule has 0 radical (unpaired) electrons. The van der Waals surface area contributed by atoms with Gasteiger partial charge in [-0.05, 0) is 106 Å². The van der Waals surface area contributed by atoms with Gasteiger partial charge >= 0.3 is 6.09 Å². The number of Topliss-reactive ketones (excluding diaryl/α,β-unsaturated/α-hetero) is 2. The lowest BCUT2D eigenvalue weighted by molar-refractivity contribution is -0.133. The van der Waals surface area contributed by atoms with Gasteiger partial charge in [0.2, 0.25) is 5.88 Å². The molecule has 1 aliphatic carbocycles. The van der Waals surface area contributed by atoms with E-state index in [4.69, 9.17) is 9.47 Å². The van der Waals surface area contributed by atoms with Gasteiger partial charge in [-0.25, -0.2) is 19.2 Å². The number of rotatable bonds is 11. The number of likely N-dealkylation sites (tertiary alicyclic amines) is 1. The van der Waals surface area contributed by atoms with Crippen molar-refractivity contribution in [3.05, 3.63) is 95.1 Å². The maximum Gasteiger partial charge on any atom is 0.410 e. The zero-order valence-electron chi connectivity index (χ0n) is 28.8. The van der Waals surface area contributed by atoms with Gasteiger partial charge in [0.1, 0.15) is 23.5 Å². The molecule has 1 atom stereocenters. The van der Waals surface area contributed by atoms with E-state index in [1.165, 1.54) is 18.5 Å². The summed E-state index contributed by atoms with van der Waals surface area (Å²) in [6.45, 7) is 8.20. The minimum Gasteiger partial charge on any atom is -0.444 e. The van der Waals surface area contributed by atoms with Crippen LogP contribution >= 0.6 is 0 Å². The number of aryl methyl sites for hydroxylation is 1. The highest BCUT2D eigenvalue weighted by atomic mass is 19.1. The van der Waals surface area contributed by atoms with Crippen molar-refractivity contribution in [2.45, 2.75) is 77.9 Å². The minimum absolute atomic E-state index is 0.0990. The summed E-state index contributed by atoms with van der Waals surface area (Å²) >= 11 is 0. The lowest BCUT2D eigenvalue weighted by Crippen LogP contribution is -2.45. The number of carbonyl (C=O) groups excluding carboxylic acids is 4. The molecule has 2 aliphatic rings. The number of ketones is 2. The lowest BCUT2D eigenvalue weighted by atomic mass is 9.88. The van der Waals surface area contributed by atoms with E-state index in [0.29, 0.717) is 53.7 Å². The number of amides is 2. The number of benzene rings is 3. The number of carbonyl (C=O) groups is 4. The Morgan fingerprint density at radius 2 is 1.58 bits per heavy atom. The molecule has 11 heteroatoms. The van der Waals surface area contributed by atoms with Crippen molar-refractivity contribution in [2.24, 2.45) is 5.41 Å². The Labute approximate surface area is 290 Å². The fourth-order valence-corrected chi connectivity index (χ4v) is 6.36. The molecule has 1 aliphatic heterocycles. The van der Waals surface area contributed by atoms with E-state index in [2.05, 4.69) is 15.3 Å². The van der Waals surface area contributed by atoms with Crippen LogP contribution in [0.3, 0.4) is 0 Å². The average Bonchev–Trinajstić information content (AvgIpc) is 3.75. The van der Waals surface area contributed by atoms with Gasteiger partial charge in [-0.2, -0.15) is 0 Å². The largest absolute Gasteiger partial charge is 0.444 e. The summed E-state index contributed by atoms with van der Waals surface area (Å²) < 4.78 is 25.0. The molecular formula is C39H41FN4O6. The number of aromatic nitrogens is 2. The standard InChI is InChI=1S/C39H41FN4O6/c1-24-18-32-31(21-30(24)35(47)41-22-28-6-5-17-44(28)37(48)50-38(2,3)4)36(43-23-42-32)49-29-13-9-26(10-14-29)20-34(46)39(15-16-39)33(45)19-25-7-11-27(40)12-8-25/h7-14,18,21,23,28H,5-6,15-17,19-20,22H2,1-4H3,(H,41,47)/t28-/m1/s1. The molecule has 10 nitrogen and oxygen atoms in total. The fourth-order valence-electron chi connectivity index (χ4n) is 6.36. The normalized spacial score (nSPS) is 16.6. The molecule has 2 amide bonds. The molecule has 1 saturated heterocycles. The molecule has 3 aromatic carbocycles. The summed E-state index contributed by atoms with van der Waals surface area (Å²) in [4.78, 5) is 62.8. The number of hydrogen-bond donors (Lipinski definition) is 1. The van der Waals surface area contributed by atoms with Crippen LogP contribution in [-0.4, -0.2) is 63.2 Å². The summed E-state index contributed by atoms with van der Waals surface area (Å²) in [6, 6.07) is 16.2. The topological polar surface area (TPSA) is 128 Å². The molecule has 2 fully saturated rings. The van der Waals surface area contributed by atoms with Gasteiger partial charge in [0.25, 0.3) is 5.91 Å². The molecule has 1 N–H and O–H groups in total. The molecule has 0 unspecified atom stereocenters. The highest BCUT2D eigenvalue weighted by Gasteiger charge is 2.54. The number of nitrogens with zero attached hydrogens (tertiary/aromatic N) is 3. The Kier molecular flexibility index (Phi) is 9.69. The first-order valence-corrected chi connectivity index (χ1v) is 16.9. The second-order valence-electron chi connectivity index (χ2n) is 14.2. The van der Waals surface area contributed by atoms with Crippen molar-refractivity contribution in [1.82, 2.24) is 20.2 Å². The Balaban J connectivity index is 1.10. The highest BCUT2D eigenvalue weighted by Crippen LogP contribution is 2.49. The summed E-state index contributed by atoms with van der Waals surface area (Å²) in [7, 11) is 0. The third-order valence-electron chi connectivity index (χ3n) is 9.29. The van der Waals surface area contributed by atoms with Crippen LogP contribution in [0.4, 0.5) is 9.18 Å². The van der Waals surface area contributed by atoms with Gasteiger partial charge < -0.3 is 19.7 Å². The van der Waals surface area contributed by atoms with Crippen LogP contribution < -0.4 is 10.1 Å². The molecule has 0 bridgehead atoms. The molecule has 50 heavy (non-hydrogen) atoms. The summed E-state index contributed by atoms with van der Waals surface area (Å²) in [5.41, 5.74) is 1.64. The summed E-state index contributed by atoms with van der Waals surface area (Å²) in [6.07, 6.45) is 3.89. The van der Waals surface area contributed by atoms with Crippen molar-refractivity contribution >= 4 is 34.5 Å². The van der Waals surface area contributed by atoms with Gasteiger partial charge in [0.15, 0.2) is 11.6 Å². The molecule has 1 aromatic heterocycles. The van der Waals surface area contributed by atoms with E-state index in [1.54, 1.807) is 53.4 Å². The predicted molar refractivity (Wildman–Crippen MR) is 185 cm³/mol. The average molecular weight is 681 g/mol. The molecule has 4 aromatic rings. The van der Waals surface area contributed by atoms with Crippen molar-refractivity contribution in [3.8, 4) is 11.6 Å². The summed E-state index contributed by atoms with van der Waals surface area (Å²) in [5, 5.41) is 3.54. The first kappa shape index (κ1) is 34.7. The maximum absolute atomic E-state index is 13.4. The van der Waals surface area contributed by atoms with Crippen molar-refractivity contribution < 1.29 is 33.0 Å². The van der Waals surface area contributed by atoms with Crippen LogP contribution in [-0.2, 0) is 27.2 Å². The van der Waals surface area contributed by atoms with E-state index in [-0.39, 0.29) is 54.1 Å². The van der Waals surface area contributed by atoms with Crippen LogP contribution in [0.5, 0.6) is 11.6 Å². The molecule has 2 heterocycles. The Bertz CT molecular complexity index is 1930. The molecule has 1 saturated carbocycles. The fraction of sp³-hybridized carbons (Fsp3) is 0.385. The van der Waals surface area contributed by atoms with Gasteiger partial charge in [-0.3, -0.25) is 14.4 Å². The molecule has 260 valence electrons. The third-order valence-corrected chi connectivity index (χ3v) is 9.29. The van der Waals surface area contributed by atoms with E-state index in [9.17, 15) is 23.6 Å². The van der Waals surface area contributed by atoms with Gasteiger partial charge in [-0.15, -0.1) is 0 Å². The SMILES string of the molecule is Cc1cc2ncnc(Oc3ccc(CC(=O)C4(C(=O)Cc5ccc(F)cc5)CC4)cc3)c2cc1C(=O)NC[C@H]1CCCN1C(=O)OC(C)(C)C. The van der Waals surface area contributed by atoms with Crippen molar-refractivity contribution in [2.75, 3.05) is 13.1 Å². The second kappa shape index (κ2) is 14.0. The quantitative estimate of drug-likeness (QED) is 0.173. The van der Waals surface area contributed by atoms with Crippen LogP contribution in [0.1, 0.15) is 73.5 Å². The number of fused-ring (bicyclic) bond motifs is 1. The number of nitrogens with one attached hydrogen (secondary N) is 1. The predicted octanol–water partition coefficient (Wildman–Crippen LogP) is 6.70. The van der Waals surface area contributed by atoms with Crippen LogP contribution in [0.2, 0.25) is 0 Å². The number of halogens is 1. The van der Waals surface area contributed by atoms with Crippen LogP contribution in [0.25, 0.3) is 10.9 Å². The van der Waals surface area contributed by atoms with Gasteiger partial charge in [-0.1, -0.05) is 24.3 Å². The zero-order valence-corrected chi connectivity index (χ0v) is 28.8. The minimum atomic E-state index is -0.972. The Morgan fingerprint density at radius 1 is 0.940 bits per heavy atom. The first-order chi connectivity index (χ1) is 23.8. The molecular weight excluding hydrogens is 639 g/mol. The third kappa shape index (κ3) is 7.82. The Morgan fingerprint density at radius 3 is 2.20 bits per heavy atom. The lowest BCUT2D eigenvalue weighted by Gasteiger charge is -2.28. The molecule has 6 rings (SSSR count). The summed E-state index contributed by atoms with van der Waals surface area (Å²) in [5.74, 6) is -0.158.